The van der Waals surface area contributed by atoms with Crippen LogP contribution in [0.5, 0.6) is 0 Å². The lowest BCUT2D eigenvalue weighted by Crippen LogP contribution is -2.34. The lowest BCUT2D eigenvalue weighted by Gasteiger charge is -2.17. The highest BCUT2D eigenvalue weighted by Crippen LogP contribution is 2.31. The van der Waals surface area contributed by atoms with E-state index in [2.05, 4.69) is 29.6 Å². The summed E-state index contributed by atoms with van der Waals surface area (Å²) in [6.07, 6.45) is 3.18. The molecule has 0 aromatic heterocycles. The van der Waals surface area contributed by atoms with Crippen molar-refractivity contribution in [3.8, 4) is 0 Å². The maximum absolute atomic E-state index is 12.4. The van der Waals surface area contributed by atoms with E-state index in [0.29, 0.717) is 19.0 Å². The van der Waals surface area contributed by atoms with E-state index >= 15 is 0 Å². The molecular weight excluding hydrogens is 296 g/mol. The van der Waals surface area contributed by atoms with Gasteiger partial charge in [-0.2, -0.15) is 0 Å². The molecule has 22 heavy (non-hydrogen) atoms. The fourth-order valence-corrected chi connectivity index (χ4v) is 3.42. The number of amides is 1. The molecule has 1 amide bonds. The third-order valence-corrected chi connectivity index (χ3v) is 4.63. The average Bonchev–Trinajstić information content (AvgIpc) is 3.01. The summed E-state index contributed by atoms with van der Waals surface area (Å²) in [5.41, 5.74) is 6.93. The largest absolute Gasteiger partial charge is 0.352 e. The molecule has 2 aromatic carbocycles. The van der Waals surface area contributed by atoms with Crippen LogP contribution >= 0.6 is 12.4 Å². The zero-order valence-electron chi connectivity index (χ0n) is 12.6. The van der Waals surface area contributed by atoms with Crippen LogP contribution in [-0.2, 0) is 11.3 Å². The molecule has 0 saturated heterocycles. The van der Waals surface area contributed by atoms with E-state index in [9.17, 15) is 4.79 Å². The SMILES string of the molecule is Cl.NC[C@H]1CCC[C@H]1C(=O)NCc1cccc2ccccc12. The standard InChI is InChI=1S/C18H22N2O.ClH/c19-11-14-7-4-10-17(14)18(21)20-12-15-8-3-6-13-5-1-2-9-16(13)15;/h1-3,5-6,8-9,14,17H,4,7,10-12,19H2,(H,20,21);1H/t14-,17-;/m1./s1. The molecule has 118 valence electrons. The first kappa shape index (κ1) is 16.8. The van der Waals surface area contributed by atoms with Gasteiger partial charge in [0, 0.05) is 12.5 Å². The molecule has 1 fully saturated rings. The van der Waals surface area contributed by atoms with E-state index in [4.69, 9.17) is 5.73 Å². The summed E-state index contributed by atoms with van der Waals surface area (Å²) in [5.74, 6) is 0.623. The highest BCUT2D eigenvalue weighted by molar-refractivity contribution is 5.86. The smallest absolute Gasteiger partial charge is 0.223 e. The number of carbonyl (C=O) groups excluding carboxylic acids is 1. The van der Waals surface area contributed by atoms with Crippen LogP contribution in [0.4, 0.5) is 0 Å². The number of carbonyl (C=O) groups is 1. The molecule has 1 saturated carbocycles. The fraction of sp³-hybridized carbons (Fsp3) is 0.389. The van der Waals surface area contributed by atoms with Crippen molar-refractivity contribution in [3.05, 3.63) is 48.0 Å². The van der Waals surface area contributed by atoms with E-state index in [-0.39, 0.29) is 24.2 Å². The van der Waals surface area contributed by atoms with Gasteiger partial charge >= 0.3 is 0 Å². The molecule has 1 aliphatic rings. The van der Waals surface area contributed by atoms with Gasteiger partial charge in [0.2, 0.25) is 5.91 Å². The van der Waals surface area contributed by atoms with Crippen molar-refractivity contribution < 1.29 is 4.79 Å². The van der Waals surface area contributed by atoms with E-state index in [1.54, 1.807) is 0 Å². The first-order chi connectivity index (χ1) is 10.3. The van der Waals surface area contributed by atoms with Crippen molar-refractivity contribution >= 4 is 29.1 Å². The second-order valence-corrected chi connectivity index (χ2v) is 5.89. The van der Waals surface area contributed by atoms with Gasteiger partial charge in [0.25, 0.3) is 0 Å². The molecule has 2 atom stereocenters. The Morgan fingerprint density at radius 2 is 1.91 bits per heavy atom. The minimum absolute atomic E-state index is 0. The summed E-state index contributed by atoms with van der Waals surface area (Å²) >= 11 is 0. The Hall–Kier alpha value is -1.58. The average molecular weight is 319 g/mol. The van der Waals surface area contributed by atoms with Crippen molar-refractivity contribution in [1.29, 1.82) is 0 Å². The Morgan fingerprint density at radius 1 is 1.14 bits per heavy atom. The van der Waals surface area contributed by atoms with Gasteiger partial charge in [0.15, 0.2) is 0 Å². The van der Waals surface area contributed by atoms with Gasteiger partial charge in [-0.3, -0.25) is 4.79 Å². The Morgan fingerprint density at radius 3 is 2.73 bits per heavy atom. The zero-order valence-corrected chi connectivity index (χ0v) is 13.4. The third kappa shape index (κ3) is 3.42. The Balaban J connectivity index is 0.00000176. The molecule has 0 heterocycles. The number of benzene rings is 2. The molecule has 0 unspecified atom stereocenters. The van der Waals surface area contributed by atoms with Gasteiger partial charge in [-0.15, -0.1) is 12.4 Å². The molecule has 3 N–H and O–H groups in total. The van der Waals surface area contributed by atoms with E-state index in [1.807, 2.05) is 18.2 Å². The molecule has 0 bridgehead atoms. The van der Waals surface area contributed by atoms with Crippen molar-refractivity contribution in [3.63, 3.8) is 0 Å². The molecule has 0 radical (unpaired) electrons. The number of hydrogen-bond donors (Lipinski definition) is 2. The summed E-state index contributed by atoms with van der Waals surface area (Å²) in [5, 5.41) is 5.53. The normalized spacial score (nSPS) is 20.6. The van der Waals surface area contributed by atoms with Gasteiger partial charge in [-0.1, -0.05) is 48.9 Å². The van der Waals surface area contributed by atoms with Gasteiger partial charge in [-0.05, 0) is 41.6 Å². The second-order valence-electron chi connectivity index (χ2n) is 5.89. The molecule has 1 aliphatic carbocycles. The number of fused-ring (bicyclic) bond motifs is 1. The minimum Gasteiger partial charge on any atom is -0.352 e. The molecule has 0 aliphatic heterocycles. The number of nitrogens with two attached hydrogens (primary N) is 1. The monoisotopic (exact) mass is 318 g/mol. The van der Waals surface area contributed by atoms with Crippen LogP contribution in [0.3, 0.4) is 0 Å². The lowest BCUT2D eigenvalue weighted by molar-refractivity contribution is -0.126. The Labute approximate surface area is 137 Å². The van der Waals surface area contributed by atoms with Crippen molar-refractivity contribution in [2.45, 2.75) is 25.8 Å². The minimum atomic E-state index is 0. The molecule has 2 aromatic rings. The number of halogens is 1. The van der Waals surface area contributed by atoms with Crippen LogP contribution in [0.15, 0.2) is 42.5 Å². The molecule has 0 spiro atoms. The maximum atomic E-state index is 12.4. The highest BCUT2D eigenvalue weighted by atomic mass is 35.5. The quantitative estimate of drug-likeness (QED) is 0.909. The zero-order chi connectivity index (χ0) is 14.7. The third-order valence-electron chi connectivity index (χ3n) is 4.63. The number of hydrogen-bond acceptors (Lipinski definition) is 2. The van der Waals surface area contributed by atoms with Gasteiger partial charge < -0.3 is 11.1 Å². The van der Waals surface area contributed by atoms with Gasteiger partial charge in [0.1, 0.15) is 0 Å². The summed E-state index contributed by atoms with van der Waals surface area (Å²) in [6.45, 7) is 1.21. The van der Waals surface area contributed by atoms with Crippen LogP contribution in [-0.4, -0.2) is 12.5 Å². The van der Waals surface area contributed by atoms with E-state index in [0.717, 1.165) is 19.3 Å². The first-order valence-corrected chi connectivity index (χ1v) is 7.74. The van der Waals surface area contributed by atoms with Crippen LogP contribution in [0, 0.1) is 11.8 Å². The van der Waals surface area contributed by atoms with Gasteiger partial charge in [-0.25, -0.2) is 0 Å². The molecule has 3 nitrogen and oxygen atoms in total. The predicted molar refractivity (Wildman–Crippen MR) is 92.9 cm³/mol. The van der Waals surface area contributed by atoms with Crippen LogP contribution in [0.1, 0.15) is 24.8 Å². The predicted octanol–water partition coefficient (Wildman–Crippen LogP) is 3.25. The maximum Gasteiger partial charge on any atom is 0.223 e. The van der Waals surface area contributed by atoms with E-state index < -0.39 is 0 Å². The van der Waals surface area contributed by atoms with Crippen LogP contribution < -0.4 is 11.1 Å². The Kier molecular flexibility index (Phi) is 5.81. The summed E-state index contributed by atoms with van der Waals surface area (Å²) in [6, 6.07) is 14.5. The Bertz CT molecular complexity index is 639. The molecule has 3 rings (SSSR count). The van der Waals surface area contributed by atoms with Crippen LogP contribution in [0.25, 0.3) is 10.8 Å². The van der Waals surface area contributed by atoms with Gasteiger partial charge in [0.05, 0.1) is 0 Å². The first-order valence-electron chi connectivity index (χ1n) is 7.74. The highest BCUT2D eigenvalue weighted by Gasteiger charge is 2.31. The topological polar surface area (TPSA) is 55.1 Å². The second kappa shape index (κ2) is 7.61. The summed E-state index contributed by atoms with van der Waals surface area (Å²) < 4.78 is 0. The summed E-state index contributed by atoms with van der Waals surface area (Å²) in [4.78, 5) is 12.4. The van der Waals surface area contributed by atoms with Crippen molar-refractivity contribution in [1.82, 2.24) is 5.32 Å². The fourth-order valence-electron chi connectivity index (χ4n) is 3.42. The number of rotatable bonds is 4. The number of nitrogens with one attached hydrogen (secondary N) is 1. The molecule has 4 heteroatoms. The van der Waals surface area contributed by atoms with Crippen molar-refractivity contribution in [2.24, 2.45) is 17.6 Å². The van der Waals surface area contributed by atoms with E-state index in [1.165, 1.54) is 16.3 Å². The molecular formula is C18H23ClN2O. The summed E-state index contributed by atoms with van der Waals surface area (Å²) in [7, 11) is 0. The van der Waals surface area contributed by atoms with Crippen LogP contribution in [0.2, 0.25) is 0 Å². The van der Waals surface area contributed by atoms with Crippen molar-refractivity contribution in [2.75, 3.05) is 6.54 Å². The lowest BCUT2D eigenvalue weighted by atomic mass is 9.95.